The van der Waals surface area contributed by atoms with Gasteiger partial charge in [0.2, 0.25) is 10.0 Å². The molecule has 0 aliphatic heterocycles. The van der Waals surface area contributed by atoms with Crippen LogP contribution >= 0.6 is 0 Å². The molecule has 4 nitrogen and oxygen atoms in total. The Morgan fingerprint density at radius 1 is 1.36 bits per heavy atom. The molecular weight excluding hydrogens is 202 g/mol. The van der Waals surface area contributed by atoms with Crippen LogP contribution in [0.3, 0.4) is 0 Å². The van der Waals surface area contributed by atoms with Gasteiger partial charge in [-0.15, -0.1) is 0 Å². The molecule has 0 spiro atoms. The zero-order valence-corrected chi connectivity index (χ0v) is 8.91. The number of ether oxygens (including phenoxy) is 1. The van der Waals surface area contributed by atoms with Gasteiger partial charge in [-0.05, 0) is 13.0 Å². The van der Waals surface area contributed by atoms with Crippen LogP contribution in [0.25, 0.3) is 0 Å². The van der Waals surface area contributed by atoms with Gasteiger partial charge in [0.05, 0.1) is 7.11 Å². The summed E-state index contributed by atoms with van der Waals surface area (Å²) in [6, 6.07) is 6.92. The smallest absolute Gasteiger partial charge is 0.216 e. The minimum absolute atomic E-state index is 0.536. The van der Waals surface area contributed by atoms with Crippen LogP contribution in [0.4, 0.5) is 0 Å². The highest BCUT2D eigenvalue weighted by atomic mass is 32.2. The summed E-state index contributed by atoms with van der Waals surface area (Å²) in [5, 5.41) is 4.30. The van der Waals surface area contributed by atoms with Gasteiger partial charge in [0.15, 0.2) is 0 Å². The predicted molar refractivity (Wildman–Crippen MR) is 54.5 cm³/mol. The van der Waals surface area contributed by atoms with E-state index in [1.165, 1.54) is 14.0 Å². The number of rotatable bonds is 3. The molecule has 78 valence electrons. The lowest BCUT2D eigenvalue weighted by atomic mass is 10.1. The van der Waals surface area contributed by atoms with E-state index in [1.807, 2.05) is 0 Å². The van der Waals surface area contributed by atoms with E-state index in [1.54, 1.807) is 24.3 Å². The minimum atomic E-state index is -3.57. The first-order chi connectivity index (χ1) is 6.46. The van der Waals surface area contributed by atoms with Crippen molar-refractivity contribution in [3.63, 3.8) is 0 Å². The first-order valence-electron chi connectivity index (χ1n) is 4.11. The largest absolute Gasteiger partial charge is 0.496 e. The summed E-state index contributed by atoms with van der Waals surface area (Å²) in [5.41, 5.74) is 0.581. The van der Waals surface area contributed by atoms with Crippen LogP contribution in [0.1, 0.15) is 17.7 Å². The second-order valence-electron chi connectivity index (χ2n) is 2.97. The van der Waals surface area contributed by atoms with Gasteiger partial charge < -0.3 is 4.74 Å². The number of hydrogen-bond donors (Lipinski definition) is 1. The first-order valence-corrected chi connectivity index (χ1v) is 5.72. The van der Waals surface area contributed by atoms with Crippen molar-refractivity contribution < 1.29 is 13.2 Å². The van der Waals surface area contributed by atoms with Gasteiger partial charge in [-0.1, -0.05) is 18.2 Å². The summed E-state index contributed by atoms with van der Waals surface area (Å²) in [7, 11) is -2.07. The second-order valence-corrected chi connectivity index (χ2v) is 4.86. The Balaban J connectivity index is 3.19. The van der Waals surface area contributed by atoms with Gasteiger partial charge in [-0.3, -0.25) is 0 Å². The van der Waals surface area contributed by atoms with E-state index < -0.39 is 15.3 Å². The van der Waals surface area contributed by atoms with Crippen molar-refractivity contribution in [2.75, 3.05) is 7.11 Å². The summed E-state index contributed by atoms with van der Waals surface area (Å²) in [6.45, 7) is 1.53. The Hall–Kier alpha value is -1.07. The lowest BCUT2D eigenvalue weighted by Crippen LogP contribution is -2.19. The molecule has 0 aromatic heterocycles. The highest BCUT2D eigenvalue weighted by molar-refractivity contribution is 7.89. The monoisotopic (exact) mass is 215 g/mol. The number of para-hydroxylation sites is 1. The van der Waals surface area contributed by atoms with Crippen molar-refractivity contribution in [1.29, 1.82) is 0 Å². The number of sulfonamides is 1. The lowest BCUT2D eigenvalue weighted by Gasteiger charge is -2.13. The molecule has 0 fully saturated rings. The maximum atomic E-state index is 11.1. The number of nitrogens with two attached hydrogens (primary N) is 1. The average Bonchev–Trinajstić information content (AvgIpc) is 2.15. The van der Waals surface area contributed by atoms with Gasteiger partial charge in [-0.2, -0.15) is 0 Å². The number of primary sulfonamides is 1. The maximum Gasteiger partial charge on any atom is 0.216 e. The molecule has 0 bridgehead atoms. The number of benzene rings is 1. The Bertz CT molecular complexity index is 414. The molecule has 1 rings (SSSR count). The van der Waals surface area contributed by atoms with E-state index in [0.717, 1.165) is 0 Å². The topological polar surface area (TPSA) is 69.4 Å². The molecular formula is C9H13NO3S. The fraction of sp³-hybridized carbons (Fsp3) is 0.333. The minimum Gasteiger partial charge on any atom is -0.496 e. The Morgan fingerprint density at radius 3 is 2.43 bits per heavy atom. The van der Waals surface area contributed by atoms with Crippen LogP contribution in [0, 0.1) is 0 Å². The van der Waals surface area contributed by atoms with Gasteiger partial charge in [0.1, 0.15) is 11.0 Å². The second kappa shape index (κ2) is 3.98. The highest BCUT2D eigenvalue weighted by Gasteiger charge is 2.20. The summed E-state index contributed by atoms with van der Waals surface area (Å²) < 4.78 is 27.3. The number of methoxy groups -OCH3 is 1. The van der Waals surface area contributed by atoms with Gasteiger partial charge in [-0.25, -0.2) is 13.6 Å². The fourth-order valence-corrected chi connectivity index (χ4v) is 1.73. The van der Waals surface area contributed by atoms with Crippen LogP contribution in [-0.4, -0.2) is 15.5 Å². The molecule has 0 aliphatic rings. The molecule has 0 heterocycles. The van der Waals surface area contributed by atoms with Crippen LogP contribution in [-0.2, 0) is 10.0 Å². The summed E-state index contributed by atoms with van der Waals surface area (Å²) in [6.07, 6.45) is 0. The standard InChI is InChI=1S/C9H13NO3S/c1-7(14(10,11)12)8-5-3-4-6-9(8)13-2/h3-7H,1-2H3,(H2,10,11,12). The molecule has 1 unspecified atom stereocenters. The summed E-state index contributed by atoms with van der Waals surface area (Å²) in [4.78, 5) is 0. The van der Waals surface area contributed by atoms with Crippen molar-refractivity contribution in [2.45, 2.75) is 12.2 Å². The molecule has 0 radical (unpaired) electrons. The van der Waals surface area contributed by atoms with Crippen molar-refractivity contribution >= 4 is 10.0 Å². The molecule has 5 heteroatoms. The SMILES string of the molecule is COc1ccccc1C(C)S(N)(=O)=O. The average molecular weight is 215 g/mol. The Morgan fingerprint density at radius 2 is 1.93 bits per heavy atom. The van der Waals surface area contributed by atoms with E-state index in [4.69, 9.17) is 9.88 Å². The maximum absolute atomic E-state index is 11.1. The zero-order chi connectivity index (χ0) is 10.8. The van der Waals surface area contributed by atoms with E-state index in [0.29, 0.717) is 11.3 Å². The van der Waals surface area contributed by atoms with E-state index >= 15 is 0 Å². The molecule has 1 aromatic carbocycles. The highest BCUT2D eigenvalue weighted by Crippen LogP contribution is 2.28. The molecule has 0 saturated carbocycles. The van der Waals surface area contributed by atoms with Gasteiger partial charge >= 0.3 is 0 Å². The van der Waals surface area contributed by atoms with Crippen LogP contribution in [0.5, 0.6) is 5.75 Å². The molecule has 0 aliphatic carbocycles. The molecule has 0 amide bonds. The molecule has 0 saturated heterocycles. The van der Waals surface area contributed by atoms with Gasteiger partial charge in [0, 0.05) is 5.56 Å². The van der Waals surface area contributed by atoms with E-state index in [9.17, 15) is 8.42 Å². The Labute approximate surface area is 83.7 Å². The van der Waals surface area contributed by atoms with Crippen molar-refractivity contribution in [2.24, 2.45) is 5.14 Å². The quantitative estimate of drug-likeness (QED) is 0.819. The van der Waals surface area contributed by atoms with Crippen LogP contribution in [0.2, 0.25) is 0 Å². The molecule has 1 aromatic rings. The third kappa shape index (κ3) is 2.24. The van der Waals surface area contributed by atoms with Crippen molar-refractivity contribution in [1.82, 2.24) is 0 Å². The van der Waals surface area contributed by atoms with Crippen molar-refractivity contribution in [3.8, 4) is 5.75 Å². The molecule has 1 atom stereocenters. The predicted octanol–water partition coefficient (Wildman–Crippen LogP) is 1.04. The molecule has 14 heavy (non-hydrogen) atoms. The third-order valence-electron chi connectivity index (χ3n) is 2.07. The zero-order valence-electron chi connectivity index (χ0n) is 8.10. The Kier molecular flexibility index (Phi) is 3.13. The van der Waals surface area contributed by atoms with Gasteiger partial charge in [0.25, 0.3) is 0 Å². The van der Waals surface area contributed by atoms with E-state index in [-0.39, 0.29) is 0 Å². The first kappa shape index (κ1) is 11.0. The van der Waals surface area contributed by atoms with Crippen molar-refractivity contribution in [3.05, 3.63) is 29.8 Å². The lowest BCUT2D eigenvalue weighted by molar-refractivity contribution is 0.409. The number of hydrogen-bond acceptors (Lipinski definition) is 3. The van der Waals surface area contributed by atoms with E-state index in [2.05, 4.69) is 0 Å². The van der Waals surface area contributed by atoms with Crippen LogP contribution < -0.4 is 9.88 Å². The summed E-state index contributed by atoms with van der Waals surface area (Å²) >= 11 is 0. The molecule has 2 N–H and O–H groups in total. The third-order valence-corrected chi connectivity index (χ3v) is 3.31. The fourth-order valence-electron chi connectivity index (χ4n) is 1.18. The van der Waals surface area contributed by atoms with Crippen LogP contribution in [0.15, 0.2) is 24.3 Å². The summed E-state index contributed by atoms with van der Waals surface area (Å²) in [5.74, 6) is 0.536. The normalized spacial score (nSPS) is 13.6.